The van der Waals surface area contributed by atoms with Crippen molar-refractivity contribution in [3.05, 3.63) is 47.3 Å². The van der Waals surface area contributed by atoms with Gasteiger partial charge in [-0.15, -0.1) is 0 Å². The lowest BCUT2D eigenvalue weighted by atomic mass is 10.2. The van der Waals surface area contributed by atoms with Crippen molar-refractivity contribution in [1.29, 1.82) is 0 Å². The number of carbonyl (C=O) groups is 1. The van der Waals surface area contributed by atoms with Crippen LogP contribution in [0.25, 0.3) is 0 Å². The van der Waals surface area contributed by atoms with Gasteiger partial charge in [0.25, 0.3) is 5.91 Å². The Kier molecular flexibility index (Phi) is 4.62. The predicted octanol–water partition coefficient (Wildman–Crippen LogP) is 2.71. The van der Waals surface area contributed by atoms with Crippen LogP contribution < -0.4 is 4.90 Å². The zero-order valence-electron chi connectivity index (χ0n) is 13.0. The molecule has 0 bridgehead atoms. The number of carbonyl (C=O) groups excluding carboxylic acids is 1. The molecule has 0 saturated heterocycles. The maximum Gasteiger partial charge on any atom is 0.292 e. The van der Waals surface area contributed by atoms with Gasteiger partial charge in [0.2, 0.25) is 5.76 Å². The number of anilines is 1. The fourth-order valence-corrected chi connectivity index (χ4v) is 2.07. The average Bonchev–Trinajstić information content (AvgIpc) is 2.91. The van der Waals surface area contributed by atoms with E-state index in [9.17, 15) is 4.79 Å². The van der Waals surface area contributed by atoms with E-state index in [1.807, 2.05) is 50.2 Å². The van der Waals surface area contributed by atoms with Crippen LogP contribution in [0.3, 0.4) is 0 Å². The van der Waals surface area contributed by atoms with Gasteiger partial charge >= 0.3 is 0 Å². The molecule has 2 rings (SSSR count). The Balaban J connectivity index is 2.10. The minimum Gasteiger partial charge on any atom is -0.378 e. The fourth-order valence-electron chi connectivity index (χ4n) is 2.07. The van der Waals surface area contributed by atoms with Crippen molar-refractivity contribution in [3.63, 3.8) is 0 Å². The number of aryl methyl sites for hydroxylation is 1. The van der Waals surface area contributed by atoms with Crippen LogP contribution in [-0.2, 0) is 6.54 Å². The van der Waals surface area contributed by atoms with Crippen LogP contribution in [0.4, 0.5) is 5.69 Å². The highest BCUT2D eigenvalue weighted by atomic mass is 16.5. The van der Waals surface area contributed by atoms with Crippen molar-refractivity contribution in [2.45, 2.75) is 20.4 Å². The molecule has 1 aromatic heterocycles. The standard InChI is InChI=1S/C16H21N3O2/c1-5-19(16(20)15-10-12(2)17-21-15)11-13-6-8-14(9-7-13)18(3)4/h6-10H,5,11H2,1-4H3. The third-order valence-corrected chi connectivity index (χ3v) is 3.33. The first-order valence-corrected chi connectivity index (χ1v) is 7.00. The molecule has 0 aliphatic rings. The molecular weight excluding hydrogens is 266 g/mol. The molecule has 1 amide bonds. The van der Waals surface area contributed by atoms with Gasteiger partial charge in [-0.05, 0) is 31.5 Å². The van der Waals surface area contributed by atoms with Gasteiger partial charge < -0.3 is 14.3 Å². The maximum atomic E-state index is 12.4. The van der Waals surface area contributed by atoms with Crippen molar-refractivity contribution in [2.75, 3.05) is 25.5 Å². The first-order valence-electron chi connectivity index (χ1n) is 7.00. The lowest BCUT2D eigenvalue weighted by Gasteiger charge is -2.20. The Bertz CT molecular complexity index is 602. The van der Waals surface area contributed by atoms with Gasteiger partial charge in [-0.1, -0.05) is 17.3 Å². The third kappa shape index (κ3) is 3.62. The molecule has 1 aromatic carbocycles. The molecule has 112 valence electrons. The van der Waals surface area contributed by atoms with E-state index in [-0.39, 0.29) is 5.91 Å². The molecule has 0 radical (unpaired) electrons. The number of rotatable bonds is 5. The second-order valence-corrected chi connectivity index (χ2v) is 5.21. The molecule has 0 unspecified atom stereocenters. The highest BCUT2D eigenvalue weighted by Gasteiger charge is 2.18. The summed E-state index contributed by atoms with van der Waals surface area (Å²) in [5.74, 6) is 0.161. The Morgan fingerprint density at radius 3 is 2.38 bits per heavy atom. The van der Waals surface area contributed by atoms with Crippen molar-refractivity contribution in [3.8, 4) is 0 Å². The molecule has 0 N–H and O–H groups in total. The largest absolute Gasteiger partial charge is 0.378 e. The fraction of sp³-hybridized carbons (Fsp3) is 0.375. The van der Waals surface area contributed by atoms with Crippen LogP contribution in [0.15, 0.2) is 34.9 Å². The molecular formula is C16H21N3O2. The van der Waals surface area contributed by atoms with Crippen molar-refractivity contribution in [1.82, 2.24) is 10.1 Å². The van der Waals surface area contributed by atoms with Gasteiger partial charge in [-0.25, -0.2) is 0 Å². The van der Waals surface area contributed by atoms with Gasteiger partial charge in [0.1, 0.15) is 0 Å². The predicted molar refractivity (Wildman–Crippen MR) is 82.4 cm³/mol. The van der Waals surface area contributed by atoms with Crippen LogP contribution >= 0.6 is 0 Å². The smallest absolute Gasteiger partial charge is 0.292 e. The van der Waals surface area contributed by atoms with Gasteiger partial charge in [0.05, 0.1) is 5.69 Å². The van der Waals surface area contributed by atoms with E-state index in [0.29, 0.717) is 24.5 Å². The Morgan fingerprint density at radius 1 is 1.24 bits per heavy atom. The summed E-state index contributed by atoms with van der Waals surface area (Å²) in [6.45, 7) is 4.93. The molecule has 0 spiro atoms. The number of benzene rings is 1. The average molecular weight is 287 g/mol. The monoisotopic (exact) mass is 287 g/mol. The van der Waals surface area contributed by atoms with Crippen molar-refractivity contribution < 1.29 is 9.32 Å². The van der Waals surface area contributed by atoms with Gasteiger partial charge in [0.15, 0.2) is 0 Å². The van der Waals surface area contributed by atoms with Crippen LogP contribution in [0.1, 0.15) is 28.7 Å². The van der Waals surface area contributed by atoms with E-state index in [1.165, 1.54) is 0 Å². The van der Waals surface area contributed by atoms with Gasteiger partial charge in [-0.2, -0.15) is 0 Å². The number of hydrogen-bond acceptors (Lipinski definition) is 4. The summed E-state index contributed by atoms with van der Waals surface area (Å²) in [4.78, 5) is 16.1. The summed E-state index contributed by atoms with van der Waals surface area (Å²) in [5.41, 5.74) is 2.94. The summed E-state index contributed by atoms with van der Waals surface area (Å²) in [6.07, 6.45) is 0. The maximum absolute atomic E-state index is 12.4. The first-order chi connectivity index (χ1) is 10.0. The lowest BCUT2D eigenvalue weighted by Crippen LogP contribution is -2.30. The molecule has 2 aromatic rings. The lowest BCUT2D eigenvalue weighted by molar-refractivity contribution is 0.0710. The minimum atomic E-state index is -0.130. The number of aromatic nitrogens is 1. The minimum absolute atomic E-state index is 0.130. The van der Waals surface area contributed by atoms with Crippen LogP contribution in [0.5, 0.6) is 0 Å². The van der Waals surface area contributed by atoms with Crippen molar-refractivity contribution in [2.24, 2.45) is 0 Å². The number of amides is 1. The third-order valence-electron chi connectivity index (χ3n) is 3.33. The Labute approximate surface area is 125 Å². The summed E-state index contributed by atoms with van der Waals surface area (Å²) >= 11 is 0. The summed E-state index contributed by atoms with van der Waals surface area (Å²) in [7, 11) is 4.01. The second kappa shape index (κ2) is 6.43. The molecule has 0 fully saturated rings. The molecule has 1 heterocycles. The van der Waals surface area contributed by atoms with Crippen LogP contribution in [0, 0.1) is 6.92 Å². The highest BCUT2D eigenvalue weighted by Crippen LogP contribution is 2.15. The molecule has 5 nitrogen and oxygen atoms in total. The van der Waals surface area contributed by atoms with E-state index < -0.39 is 0 Å². The Morgan fingerprint density at radius 2 is 1.90 bits per heavy atom. The second-order valence-electron chi connectivity index (χ2n) is 5.21. The van der Waals surface area contributed by atoms with E-state index >= 15 is 0 Å². The molecule has 0 atom stereocenters. The number of hydrogen-bond donors (Lipinski definition) is 0. The van der Waals surface area contributed by atoms with E-state index in [1.54, 1.807) is 17.9 Å². The zero-order chi connectivity index (χ0) is 15.4. The van der Waals surface area contributed by atoms with E-state index in [4.69, 9.17) is 4.52 Å². The summed E-state index contributed by atoms with van der Waals surface area (Å²) < 4.78 is 5.05. The first kappa shape index (κ1) is 15.1. The SMILES string of the molecule is CCN(Cc1ccc(N(C)C)cc1)C(=O)c1cc(C)no1. The quantitative estimate of drug-likeness (QED) is 0.848. The highest BCUT2D eigenvalue weighted by molar-refractivity contribution is 5.91. The molecule has 0 aliphatic carbocycles. The normalized spacial score (nSPS) is 10.5. The zero-order valence-corrected chi connectivity index (χ0v) is 13.0. The van der Waals surface area contributed by atoms with Crippen LogP contribution in [0.2, 0.25) is 0 Å². The molecule has 0 aliphatic heterocycles. The van der Waals surface area contributed by atoms with Crippen molar-refractivity contribution >= 4 is 11.6 Å². The molecule has 5 heteroatoms. The molecule has 0 saturated carbocycles. The topological polar surface area (TPSA) is 49.6 Å². The van der Waals surface area contributed by atoms with Crippen LogP contribution in [-0.4, -0.2) is 36.6 Å². The Hall–Kier alpha value is -2.30. The van der Waals surface area contributed by atoms with E-state index in [2.05, 4.69) is 5.16 Å². The van der Waals surface area contributed by atoms with Gasteiger partial charge in [0, 0.05) is 38.9 Å². The van der Waals surface area contributed by atoms with Gasteiger partial charge in [-0.3, -0.25) is 4.79 Å². The number of nitrogens with zero attached hydrogens (tertiary/aromatic N) is 3. The summed E-state index contributed by atoms with van der Waals surface area (Å²) in [6, 6.07) is 9.84. The molecule has 21 heavy (non-hydrogen) atoms. The summed E-state index contributed by atoms with van der Waals surface area (Å²) in [5, 5.41) is 3.76. The van der Waals surface area contributed by atoms with E-state index in [0.717, 1.165) is 11.3 Å².